The summed E-state index contributed by atoms with van der Waals surface area (Å²) >= 11 is 1.49. The molecular formula is C32H43N9O3S. The van der Waals surface area contributed by atoms with Crippen LogP contribution in [0, 0.1) is 11.3 Å². The van der Waals surface area contributed by atoms with Gasteiger partial charge in [-0.15, -0.1) is 11.3 Å². The molecule has 0 aromatic carbocycles. The van der Waals surface area contributed by atoms with Crippen molar-refractivity contribution in [3.05, 3.63) is 34.0 Å². The van der Waals surface area contributed by atoms with E-state index >= 15 is 0 Å². The number of likely N-dealkylation sites (N-methyl/N-ethyl adjacent to an activating group) is 1. The van der Waals surface area contributed by atoms with Crippen LogP contribution in [0.25, 0.3) is 11.5 Å². The van der Waals surface area contributed by atoms with Crippen LogP contribution >= 0.6 is 11.3 Å². The van der Waals surface area contributed by atoms with Crippen molar-refractivity contribution in [1.29, 1.82) is 5.26 Å². The van der Waals surface area contributed by atoms with Gasteiger partial charge in [0.05, 0.1) is 11.0 Å². The zero-order chi connectivity index (χ0) is 31.9. The summed E-state index contributed by atoms with van der Waals surface area (Å²) in [6, 6.07) is 6.48. The maximum Gasteiger partial charge on any atom is 0.410 e. The first-order valence-electron chi connectivity index (χ1n) is 15.8. The molecule has 2 fully saturated rings. The first kappa shape index (κ1) is 31.1. The molecule has 1 atom stereocenters. The second-order valence-corrected chi connectivity index (χ2v) is 14.7. The lowest BCUT2D eigenvalue weighted by molar-refractivity contribution is 0.0263. The largest absolute Gasteiger partial charge is 0.444 e. The number of fused-ring (bicyclic) bond motifs is 1. The number of nitrogen functional groups attached to an aromatic ring is 1. The molecule has 1 aliphatic carbocycles. The maximum absolute atomic E-state index is 12.8. The fourth-order valence-electron chi connectivity index (χ4n) is 6.54. The first-order chi connectivity index (χ1) is 21.4. The Labute approximate surface area is 268 Å². The summed E-state index contributed by atoms with van der Waals surface area (Å²) in [4.78, 5) is 32.7. The smallest absolute Gasteiger partial charge is 0.410 e. The molecule has 1 amide bonds. The fourth-order valence-corrected chi connectivity index (χ4v) is 7.73. The number of pyridine rings is 1. The molecule has 6 rings (SSSR count). The van der Waals surface area contributed by atoms with Gasteiger partial charge >= 0.3 is 6.09 Å². The van der Waals surface area contributed by atoms with Crippen LogP contribution in [0.4, 0.5) is 21.3 Å². The van der Waals surface area contributed by atoms with Crippen molar-refractivity contribution in [2.45, 2.75) is 64.4 Å². The molecule has 0 radical (unpaired) electrons. The number of hydrogen-bond donors (Lipinski definition) is 1. The molecule has 3 aromatic rings. The number of amides is 1. The van der Waals surface area contributed by atoms with Gasteiger partial charge in [0.15, 0.2) is 0 Å². The van der Waals surface area contributed by atoms with Crippen LogP contribution in [-0.4, -0.2) is 96.0 Å². The number of ether oxygens (including phenoxy) is 1. The van der Waals surface area contributed by atoms with E-state index in [-0.39, 0.29) is 6.09 Å². The highest BCUT2D eigenvalue weighted by molar-refractivity contribution is 7.16. The Balaban J connectivity index is 1.33. The predicted molar refractivity (Wildman–Crippen MR) is 175 cm³/mol. The lowest BCUT2D eigenvalue weighted by atomic mass is 9.72. The molecule has 13 heteroatoms. The average Bonchev–Trinajstić information content (AvgIpc) is 3.54. The van der Waals surface area contributed by atoms with E-state index in [2.05, 4.69) is 46.0 Å². The van der Waals surface area contributed by atoms with Crippen molar-refractivity contribution in [3.8, 4) is 17.6 Å². The minimum absolute atomic E-state index is 0.275. The summed E-state index contributed by atoms with van der Waals surface area (Å²) in [5, 5.41) is 14.9. The molecular weight excluding hydrogens is 590 g/mol. The number of carbonyl (C=O) groups excluding carboxylic acids is 1. The molecule has 5 heterocycles. The summed E-state index contributed by atoms with van der Waals surface area (Å²) in [5.74, 6) is 1.77. The molecule has 2 saturated heterocycles. The van der Waals surface area contributed by atoms with Gasteiger partial charge in [-0.2, -0.15) is 10.2 Å². The Morgan fingerprint density at radius 2 is 1.82 bits per heavy atom. The third-order valence-electron chi connectivity index (χ3n) is 9.02. The Hall–Kier alpha value is -3.89. The van der Waals surface area contributed by atoms with Crippen LogP contribution in [0.2, 0.25) is 0 Å². The summed E-state index contributed by atoms with van der Waals surface area (Å²) in [6.07, 6.45) is 3.17. The number of piperazine rings is 1. The number of aromatic nitrogens is 3. The molecule has 12 nitrogen and oxygen atoms in total. The van der Waals surface area contributed by atoms with E-state index in [0.717, 1.165) is 80.4 Å². The maximum atomic E-state index is 12.8. The van der Waals surface area contributed by atoms with E-state index in [9.17, 15) is 10.1 Å². The van der Waals surface area contributed by atoms with Gasteiger partial charge in [-0.1, -0.05) is 5.16 Å². The van der Waals surface area contributed by atoms with Gasteiger partial charge in [0.25, 0.3) is 0 Å². The van der Waals surface area contributed by atoms with Crippen molar-refractivity contribution >= 4 is 33.9 Å². The van der Waals surface area contributed by atoms with Crippen molar-refractivity contribution in [1.82, 2.24) is 24.9 Å². The summed E-state index contributed by atoms with van der Waals surface area (Å²) in [5.41, 5.74) is 8.20. The highest BCUT2D eigenvalue weighted by atomic mass is 32.1. The Bertz CT molecular complexity index is 1600. The van der Waals surface area contributed by atoms with Gasteiger partial charge in [-0.05, 0) is 66.5 Å². The number of aryl methyl sites for hydroxylation is 1. The summed E-state index contributed by atoms with van der Waals surface area (Å²) in [7, 11) is 2.14. The minimum atomic E-state index is -0.605. The van der Waals surface area contributed by atoms with Gasteiger partial charge < -0.3 is 34.6 Å². The second-order valence-electron chi connectivity index (χ2n) is 13.5. The fraction of sp³-hybridized carbons (Fsp3) is 0.594. The molecule has 0 spiro atoms. The van der Waals surface area contributed by atoms with Crippen molar-refractivity contribution in [3.63, 3.8) is 0 Å². The number of thiophene rings is 1. The topological polar surface area (TPSA) is 141 Å². The molecule has 3 aliphatic rings. The number of nitrogens with two attached hydrogens (primary N) is 1. The normalized spacial score (nSPS) is 21.3. The molecule has 45 heavy (non-hydrogen) atoms. The van der Waals surface area contributed by atoms with Gasteiger partial charge in [0.1, 0.15) is 28.2 Å². The van der Waals surface area contributed by atoms with Crippen molar-refractivity contribution in [2.24, 2.45) is 0 Å². The highest BCUT2D eigenvalue weighted by Gasteiger charge is 2.43. The molecule has 2 aliphatic heterocycles. The van der Waals surface area contributed by atoms with Crippen LogP contribution < -0.4 is 15.5 Å². The van der Waals surface area contributed by atoms with E-state index < -0.39 is 11.0 Å². The zero-order valence-corrected chi connectivity index (χ0v) is 27.7. The molecule has 1 unspecified atom stereocenters. The number of rotatable bonds is 4. The number of carbonyl (C=O) groups is 1. The number of nitrogens with zero attached hydrogens (tertiary/aromatic N) is 8. The summed E-state index contributed by atoms with van der Waals surface area (Å²) < 4.78 is 11.6. The summed E-state index contributed by atoms with van der Waals surface area (Å²) in [6.45, 7) is 14.1. The van der Waals surface area contributed by atoms with E-state index in [1.807, 2.05) is 26.8 Å². The number of hydrogen-bond acceptors (Lipinski definition) is 12. The van der Waals surface area contributed by atoms with Crippen molar-refractivity contribution < 1.29 is 14.1 Å². The van der Waals surface area contributed by atoms with Crippen LogP contribution in [-0.2, 0) is 16.6 Å². The molecule has 0 bridgehead atoms. The third kappa shape index (κ3) is 6.31. The minimum Gasteiger partial charge on any atom is -0.444 e. The van der Waals surface area contributed by atoms with E-state index in [1.54, 1.807) is 4.90 Å². The van der Waals surface area contributed by atoms with Crippen LogP contribution in [0.5, 0.6) is 0 Å². The second kappa shape index (κ2) is 12.1. The standard InChI is InChI=1S/C32H43N9O3S/c1-31(2,3)43-30(42)41-11-7-10-39(16-17-41)21-18-23(35-25(19-21)40-14-12-38(5)13-15-40)28-36-29(44-37-28)32(4)9-6-8-24-26(32)22(20-33)27(34)45-24/h18-19H,6-17,34H2,1-5H3. The Morgan fingerprint density at radius 3 is 2.56 bits per heavy atom. The SMILES string of the molecule is CN1CCN(c2cc(N3CCCN(C(=O)OC(C)(C)C)CC3)cc(-c3noc(C4(C)CCCc5sc(N)c(C#N)c54)n3)n2)CC1. The lowest BCUT2D eigenvalue weighted by Gasteiger charge is -2.34. The molecule has 240 valence electrons. The number of nitriles is 1. The van der Waals surface area contributed by atoms with Gasteiger partial charge in [0, 0.05) is 74.6 Å². The third-order valence-corrected chi connectivity index (χ3v) is 10.1. The Kier molecular flexibility index (Phi) is 8.39. The van der Waals surface area contributed by atoms with Crippen LogP contribution in [0.3, 0.4) is 0 Å². The van der Waals surface area contributed by atoms with E-state index in [4.69, 9.17) is 25.0 Å². The van der Waals surface area contributed by atoms with Gasteiger partial charge in [-0.3, -0.25) is 0 Å². The zero-order valence-electron chi connectivity index (χ0n) is 26.9. The van der Waals surface area contributed by atoms with Crippen molar-refractivity contribution in [2.75, 3.05) is 74.9 Å². The Morgan fingerprint density at radius 1 is 1.07 bits per heavy atom. The quantitative estimate of drug-likeness (QED) is 0.435. The van der Waals surface area contributed by atoms with Gasteiger partial charge in [-0.25, -0.2) is 9.78 Å². The average molecular weight is 634 g/mol. The monoisotopic (exact) mass is 633 g/mol. The highest BCUT2D eigenvalue weighted by Crippen LogP contribution is 2.48. The van der Waals surface area contributed by atoms with E-state index in [0.29, 0.717) is 47.6 Å². The van der Waals surface area contributed by atoms with E-state index in [1.165, 1.54) is 11.3 Å². The molecule has 0 saturated carbocycles. The number of anilines is 3. The van der Waals surface area contributed by atoms with Crippen LogP contribution in [0.15, 0.2) is 16.7 Å². The lowest BCUT2D eigenvalue weighted by Crippen LogP contribution is -2.45. The predicted octanol–water partition coefficient (Wildman–Crippen LogP) is 4.49. The molecule has 3 aromatic heterocycles. The van der Waals surface area contributed by atoms with Gasteiger partial charge in [0.2, 0.25) is 11.7 Å². The van der Waals surface area contributed by atoms with Crippen LogP contribution in [0.1, 0.15) is 68.9 Å². The molecule has 2 N–H and O–H groups in total. The first-order valence-corrected chi connectivity index (χ1v) is 16.6.